The van der Waals surface area contributed by atoms with Crippen LogP contribution in [0.1, 0.15) is 32.7 Å². The van der Waals surface area contributed by atoms with Gasteiger partial charge in [-0.25, -0.2) is 4.90 Å². The molecule has 0 radical (unpaired) electrons. The average molecular weight is 608 g/mol. The molecule has 12 heteroatoms. The zero-order valence-electron chi connectivity index (χ0n) is 20.4. The van der Waals surface area contributed by atoms with E-state index in [4.69, 9.17) is 55.9 Å². The van der Waals surface area contributed by atoms with Gasteiger partial charge in [-0.15, -0.1) is 0 Å². The molecule has 8 nitrogen and oxygen atoms in total. The van der Waals surface area contributed by atoms with E-state index in [-0.39, 0.29) is 61.5 Å². The Morgan fingerprint density at radius 1 is 0.872 bits per heavy atom. The number of anilines is 2. The fourth-order valence-electron chi connectivity index (χ4n) is 4.60. The molecule has 0 aromatic heterocycles. The number of rotatable bonds is 5. The summed E-state index contributed by atoms with van der Waals surface area (Å²) in [5, 5.41) is -0.586. The lowest BCUT2D eigenvalue weighted by Crippen LogP contribution is -2.30. The number of amides is 3. The van der Waals surface area contributed by atoms with Crippen LogP contribution in [0.3, 0.4) is 0 Å². The van der Waals surface area contributed by atoms with Crippen molar-refractivity contribution in [3.05, 3.63) is 79.2 Å². The summed E-state index contributed by atoms with van der Waals surface area (Å²) in [6.45, 7) is 1.80. The van der Waals surface area contributed by atoms with E-state index in [0.717, 1.165) is 4.90 Å². The first kappa shape index (κ1) is 27.3. The molecule has 0 N–H and O–H groups in total. The molecule has 0 aliphatic carbocycles. The van der Waals surface area contributed by atoms with Gasteiger partial charge in [0.05, 0.1) is 49.9 Å². The lowest BCUT2D eigenvalue weighted by atomic mass is 10.1. The van der Waals surface area contributed by atoms with E-state index in [0.29, 0.717) is 17.0 Å². The number of fused-ring (bicyclic) bond motifs is 1. The highest BCUT2D eigenvalue weighted by Gasteiger charge is 2.43. The molecule has 200 valence electrons. The second-order valence-corrected chi connectivity index (χ2v) is 10.4. The molecular formula is C27H18Cl4N2O6. The van der Waals surface area contributed by atoms with Crippen molar-refractivity contribution in [1.29, 1.82) is 0 Å². The van der Waals surface area contributed by atoms with Crippen LogP contribution in [0.5, 0.6) is 11.5 Å². The maximum Gasteiger partial charge on any atom is 0.316 e. The zero-order chi connectivity index (χ0) is 28.2. The Bertz CT molecular complexity index is 1540. The number of carbonyl (C=O) groups is 4. The summed E-state index contributed by atoms with van der Waals surface area (Å²) >= 11 is 24.6. The number of esters is 1. The molecule has 3 aromatic carbocycles. The van der Waals surface area contributed by atoms with Gasteiger partial charge < -0.3 is 14.4 Å². The molecular weight excluding hydrogens is 590 g/mol. The van der Waals surface area contributed by atoms with Gasteiger partial charge in [0.1, 0.15) is 11.5 Å². The highest BCUT2D eigenvalue weighted by molar-refractivity contribution is 6.56. The molecule has 2 aliphatic rings. The van der Waals surface area contributed by atoms with Gasteiger partial charge in [-0.05, 0) is 42.8 Å². The molecule has 0 bridgehead atoms. The van der Waals surface area contributed by atoms with Crippen LogP contribution in [0.15, 0.2) is 42.5 Å². The number of aryl methyl sites for hydroxylation is 1. The normalized spacial score (nSPS) is 16.7. The Labute approximate surface area is 242 Å². The van der Waals surface area contributed by atoms with Gasteiger partial charge >= 0.3 is 5.97 Å². The summed E-state index contributed by atoms with van der Waals surface area (Å²) in [7, 11) is 1.53. The van der Waals surface area contributed by atoms with Crippen molar-refractivity contribution in [2.24, 2.45) is 5.92 Å². The molecule has 2 aliphatic heterocycles. The molecule has 0 unspecified atom stereocenters. The first-order valence-electron chi connectivity index (χ1n) is 11.5. The van der Waals surface area contributed by atoms with E-state index in [1.165, 1.54) is 30.2 Å². The topological polar surface area (TPSA) is 93.2 Å². The molecule has 39 heavy (non-hydrogen) atoms. The van der Waals surface area contributed by atoms with Crippen molar-refractivity contribution in [2.75, 3.05) is 23.5 Å². The fourth-order valence-corrected chi connectivity index (χ4v) is 5.62. The van der Waals surface area contributed by atoms with Crippen molar-refractivity contribution < 1.29 is 28.7 Å². The molecule has 0 spiro atoms. The minimum Gasteiger partial charge on any atom is -0.497 e. The van der Waals surface area contributed by atoms with Crippen LogP contribution in [0.25, 0.3) is 0 Å². The van der Waals surface area contributed by atoms with E-state index >= 15 is 0 Å². The molecule has 5 rings (SSSR count). The number of ether oxygens (including phenoxy) is 2. The van der Waals surface area contributed by atoms with Crippen LogP contribution in [-0.4, -0.2) is 37.3 Å². The molecule has 1 atom stereocenters. The van der Waals surface area contributed by atoms with Gasteiger partial charge in [0.2, 0.25) is 5.91 Å². The average Bonchev–Trinajstić information content (AvgIpc) is 3.43. The molecule has 2 heterocycles. The summed E-state index contributed by atoms with van der Waals surface area (Å²) < 4.78 is 10.8. The lowest BCUT2D eigenvalue weighted by Gasteiger charge is -2.18. The summed E-state index contributed by atoms with van der Waals surface area (Å²) in [5.74, 6) is -2.11. The molecule has 1 fully saturated rings. The quantitative estimate of drug-likeness (QED) is 0.110. The van der Waals surface area contributed by atoms with Gasteiger partial charge in [0, 0.05) is 24.7 Å². The van der Waals surface area contributed by atoms with Crippen molar-refractivity contribution in [3.8, 4) is 11.5 Å². The summed E-state index contributed by atoms with van der Waals surface area (Å²) in [5.41, 5.74) is 1.05. The second-order valence-electron chi connectivity index (χ2n) is 8.93. The van der Waals surface area contributed by atoms with E-state index in [1.807, 2.05) is 0 Å². The van der Waals surface area contributed by atoms with Crippen molar-refractivity contribution in [2.45, 2.75) is 13.3 Å². The Morgan fingerprint density at radius 2 is 1.51 bits per heavy atom. The Kier molecular flexibility index (Phi) is 7.24. The standard InChI is InChI=1S/C27H18Cl4N2O6/c1-12-8-16(39-27(37)13-9-18(34)32(11-13)14-4-3-5-15(10-14)38-2)6-7-17(12)33-25(35)19-20(26(33)36)22(29)24(31)23(30)21(19)28/h3-8,10,13H,9,11H2,1-2H3/t13-/m0/s1. The van der Waals surface area contributed by atoms with Gasteiger partial charge in [-0.1, -0.05) is 52.5 Å². The van der Waals surface area contributed by atoms with Crippen LogP contribution in [0.4, 0.5) is 11.4 Å². The second kappa shape index (κ2) is 10.4. The number of carbonyl (C=O) groups excluding carboxylic acids is 4. The number of nitrogens with zero attached hydrogens (tertiary/aromatic N) is 2. The van der Waals surface area contributed by atoms with Crippen molar-refractivity contribution in [3.63, 3.8) is 0 Å². The SMILES string of the molecule is COc1cccc(N2C[C@@H](C(=O)Oc3ccc(N4C(=O)c5c(Cl)c(Cl)c(Cl)c(Cl)c5C4=O)c(C)c3)CC2=O)c1. The summed E-state index contributed by atoms with van der Waals surface area (Å²) in [6, 6.07) is 11.4. The molecule has 3 amide bonds. The smallest absolute Gasteiger partial charge is 0.316 e. The van der Waals surface area contributed by atoms with Gasteiger partial charge in [0.15, 0.2) is 0 Å². The number of halogens is 4. The molecule has 0 saturated carbocycles. The van der Waals surface area contributed by atoms with Crippen LogP contribution in [0, 0.1) is 12.8 Å². The third kappa shape index (κ3) is 4.61. The van der Waals surface area contributed by atoms with Gasteiger partial charge in [-0.3, -0.25) is 19.2 Å². The minimum absolute atomic E-state index is 0.00517. The van der Waals surface area contributed by atoms with Crippen LogP contribution < -0.4 is 19.3 Å². The van der Waals surface area contributed by atoms with Crippen LogP contribution in [-0.2, 0) is 9.59 Å². The lowest BCUT2D eigenvalue weighted by molar-refractivity contribution is -0.139. The molecule has 1 saturated heterocycles. The van der Waals surface area contributed by atoms with Crippen LogP contribution in [0.2, 0.25) is 20.1 Å². The van der Waals surface area contributed by atoms with Crippen molar-refractivity contribution >= 4 is 81.5 Å². The Hall–Kier alpha value is -3.30. The largest absolute Gasteiger partial charge is 0.497 e. The first-order valence-corrected chi connectivity index (χ1v) is 13.1. The predicted octanol–water partition coefficient (Wildman–Crippen LogP) is 6.38. The Balaban J connectivity index is 1.34. The van der Waals surface area contributed by atoms with E-state index in [1.54, 1.807) is 31.2 Å². The number of benzene rings is 3. The first-order chi connectivity index (χ1) is 18.5. The van der Waals surface area contributed by atoms with E-state index in [9.17, 15) is 19.2 Å². The van der Waals surface area contributed by atoms with Gasteiger partial charge in [-0.2, -0.15) is 0 Å². The number of methoxy groups -OCH3 is 1. The van der Waals surface area contributed by atoms with E-state index in [2.05, 4.69) is 0 Å². The highest BCUT2D eigenvalue weighted by atomic mass is 35.5. The summed E-state index contributed by atoms with van der Waals surface area (Å²) in [4.78, 5) is 54.3. The Morgan fingerprint density at radius 3 is 2.10 bits per heavy atom. The number of hydrogen-bond acceptors (Lipinski definition) is 6. The predicted molar refractivity (Wildman–Crippen MR) is 148 cm³/mol. The monoisotopic (exact) mass is 606 g/mol. The molecule has 3 aromatic rings. The minimum atomic E-state index is -0.713. The third-order valence-electron chi connectivity index (χ3n) is 6.55. The maximum atomic E-state index is 13.2. The van der Waals surface area contributed by atoms with Crippen LogP contribution >= 0.6 is 46.4 Å². The fraction of sp³-hybridized carbons (Fsp3) is 0.185. The third-order valence-corrected chi connectivity index (χ3v) is 8.35. The zero-order valence-corrected chi connectivity index (χ0v) is 23.4. The summed E-state index contributed by atoms with van der Waals surface area (Å²) in [6.07, 6.45) is -0.00517. The number of imide groups is 1. The maximum absolute atomic E-state index is 13.2. The highest BCUT2D eigenvalue weighted by Crippen LogP contribution is 2.46. The van der Waals surface area contributed by atoms with Crippen molar-refractivity contribution in [1.82, 2.24) is 0 Å². The van der Waals surface area contributed by atoms with E-state index < -0.39 is 23.7 Å². The number of hydrogen-bond donors (Lipinski definition) is 0. The van der Waals surface area contributed by atoms with Gasteiger partial charge in [0.25, 0.3) is 11.8 Å².